The van der Waals surface area contributed by atoms with E-state index in [1.54, 1.807) is 0 Å². The van der Waals surface area contributed by atoms with E-state index in [1.807, 2.05) is 13.8 Å². The number of hydrogen-bond acceptors (Lipinski definition) is 3. The maximum absolute atomic E-state index is 11.3. The van der Waals surface area contributed by atoms with Gasteiger partial charge in [0, 0.05) is 0 Å². The fraction of sp³-hybridized carbons (Fsp3) is 0.444. The van der Waals surface area contributed by atoms with Gasteiger partial charge in [0.15, 0.2) is 11.0 Å². The molecule has 1 rings (SSSR count). The number of hydroxylamine groups is 1. The first kappa shape index (κ1) is 11.1. The summed E-state index contributed by atoms with van der Waals surface area (Å²) in [6.07, 6.45) is 0. The van der Waals surface area contributed by atoms with E-state index >= 15 is 0 Å². The van der Waals surface area contributed by atoms with Crippen LogP contribution in [0.3, 0.4) is 0 Å². The molecular formula is C9H12ClNO3. The van der Waals surface area contributed by atoms with Gasteiger partial charge in [-0.25, -0.2) is 5.48 Å². The van der Waals surface area contributed by atoms with Crippen molar-refractivity contribution in [2.45, 2.75) is 13.8 Å². The number of hydrogen-bond donors (Lipinski definition) is 1. The van der Waals surface area contributed by atoms with Crippen LogP contribution in [0.25, 0.3) is 0 Å². The predicted octanol–water partition coefficient (Wildman–Crippen LogP) is 2.25. The molecule has 1 heterocycles. The highest BCUT2D eigenvalue weighted by atomic mass is 35.5. The van der Waals surface area contributed by atoms with Crippen molar-refractivity contribution < 1.29 is 14.0 Å². The lowest BCUT2D eigenvalue weighted by molar-refractivity contribution is 0.0189. The Bertz CT molecular complexity index is 309. The van der Waals surface area contributed by atoms with Crippen LogP contribution in [-0.2, 0) is 4.84 Å². The Morgan fingerprint density at radius 1 is 1.64 bits per heavy atom. The van der Waals surface area contributed by atoms with Gasteiger partial charge in [-0.15, -0.1) is 0 Å². The van der Waals surface area contributed by atoms with Crippen molar-refractivity contribution in [1.82, 2.24) is 5.48 Å². The van der Waals surface area contributed by atoms with Crippen LogP contribution in [0.1, 0.15) is 24.4 Å². The molecule has 0 atom stereocenters. The van der Waals surface area contributed by atoms with E-state index in [1.165, 1.54) is 12.1 Å². The van der Waals surface area contributed by atoms with Gasteiger partial charge in [0.2, 0.25) is 0 Å². The number of carbonyl (C=O) groups excluding carboxylic acids is 1. The van der Waals surface area contributed by atoms with Crippen LogP contribution in [0.15, 0.2) is 16.5 Å². The van der Waals surface area contributed by atoms with Crippen molar-refractivity contribution in [3.05, 3.63) is 23.1 Å². The Kier molecular flexibility index (Phi) is 3.98. The number of furan rings is 1. The van der Waals surface area contributed by atoms with Gasteiger partial charge >= 0.3 is 5.91 Å². The molecule has 0 saturated carbocycles. The summed E-state index contributed by atoms with van der Waals surface area (Å²) in [5.74, 6) is 0.0618. The van der Waals surface area contributed by atoms with Crippen molar-refractivity contribution in [2.75, 3.05) is 6.61 Å². The zero-order chi connectivity index (χ0) is 10.6. The Morgan fingerprint density at radius 2 is 2.36 bits per heavy atom. The lowest BCUT2D eigenvalue weighted by Crippen LogP contribution is -2.25. The highest BCUT2D eigenvalue weighted by molar-refractivity contribution is 6.29. The molecule has 0 aromatic carbocycles. The minimum atomic E-state index is -0.433. The average Bonchev–Trinajstić information content (AvgIpc) is 2.51. The second-order valence-electron chi connectivity index (χ2n) is 3.24. The van der Waals surface area contributed by atoms with Crippen LogP contribution in [0, 0.1) is 5.92 Å². The fourth-order valence-corrected chi connectivity index (χ4v) is 0.907. The third kappa shape index (κ3) is 3.40. The second-order valence-corrected chi connectivity index (χ2v) is 3.61. The quantitative estimate of drug-likeness (QED) is 0.787. The average molecular weight is 218 g/mol. The molecule has 0 aliphatic rings. The van der Waals surface area contributed by atoms with Gasteiger partial charge in [-0.1, -0.05) is 13.8 Å². The molecule has 0 saturated heterocycles. The number of amides is 1. The lowest BCUT2D eigenvalue weighted by atomic mass is 10.2. The molecule has 0 unspecified atom stereocenters. The van der Waals surface area contributed by atoms with Crippen molar-refractivity contribution in [2.24, 2.45) is 5.92 Å². The summed E-state index contributed by atoms with van der Waals surface area (Å²) in [6, 6.07) is 2.98. The minimum absolute atomic E-state index is 0.138. The molecule has 1 N–H and O–H groups in total. The van der Waals surface area contributed by atoms with E-state index in [4.69, 9.17) is 20.9 Å². The first-order chi connectivity index (χ1) is 6.59. The number of nitrogens with one attached hydrogen (secondary N) is 1. The summed E-state index contributed by atoms with van der Waals surface area (Å²) in [4.78, 5) is 16.2. The SMILES string of the molecule is CC(C)CONC(=O)c1ccc(Cl)o1. The van der Waals surface area contributed by atoms with E-state index in [0.29, 0.717) is 12.5 Å². The molecule has 4 nitrogen and oxygen atoms in total. The van der Waals surface area contributed by atoms with Crippen LogP contribution in [0.4, 0.5) is 0 Å². The van der Waals surface area contributed by atoms with Gasteiger partial charge < -0.3 is 4.42 Å². The molecule has 0 radical (unpaired) electrons. The maximum atomic E-state index is 11.3. The summed E-state index contributed by atoms with van der Waals surface area (Å²) in [6.45, 7) is 4.42. The van der Waals surface area contributed by atoms with Crippen molar-refractivity contribution in [3.8, 4) is 0 Å². The van der Waals surface area contributed by atoms with E-state index in [2.05, 4.69) is 5.48 Å². The molecule has 5 heteroatoms. The molecule has 1 aromatic heterocycles. The zero-order valence-electron chi connectivity index (χ0n) is 8.04. The standard InChI is InChI=1S/C9H12ClNO3/c1-6(2)5-13-11-9(12)7-3-4-8(10)14-7/h3-4,6H,5H2,1-2H3,(H,11,12). The van der Waals surface area contributed by atoms with Crippen LogP contribution >= 0.6 is 11.6 Å². The molecule has 0 bridgehead atoms. The molecule has 14 heavy (non-hydrogen) atoms. The number of rotatable bonds is 4. The van der Waals surface area contributed by atoms with Gasteiger partial charge in [-0.3, -0.25) is 9.63 Å². The van der Waals surface area contributed by atoms with E-state index in [0.717, 1.165) is 0 Å². The van der Waals surface area contributed by atoms with Gasteiger partial charge in [0.25, 0.3) is 0 Å². The molecule has 1 amide bonds. The Labute approximate surface area is 87.1 Å². The molecule has 0 fully saturated rings. The second kappa shape index (κ2) is 5.02. The van der Waals surface area contributed by atoms with Crippen LogP contribution in [0.2, 0.25) is 5.22 Å². The largest absolute Gasteiger partial charge is 0.439 e. The minimum Gasteiger partial charge on any atom is -0.439 e. The van der Waals surface area contributed by atoms with E-state index in [9.17, 15) is 4.79 Å². The topological polar surface area (TPSA) is 51.5 Å². The zero-order valence-corrected chi connectivity index (χ0v) is 8.80. The lowest BCUT2D eigenvalue weighted by Gasteiger charge is -2.05. The molecule has 0 aliphatic heterocycles. The Balaban J connectivity index is 2.36. The third-order valence-electron chi connectivity index (χ3n) is 1.38. The highest BCUT2D eigenvalue weighted by Gasteiger charge is 2.10. The first-order valence-corrected chi connectivity index (χ1v) is 4.65. The van der Waals surface area contributed by atoms with Crippen LogP contribution in [0.5, 0.6) is 0 Å². The smallest absolute Gasteiger partial charge is 0.310 e. The molecule has 1 aromatic rings. The normalized spacial score (nSPS) is 10.6. The summed E-state index contributed by atoms with van der Waals surface area (Å²) >= 11 is 5.50. The maximum Gasteiger partial charge on any atom is 0.310 e. The van der Waals surface area contributed by atoms with Crippen LogP contribution in [-0.4, -0.2) is 12.5 Å². The predicted molar refractivity (Wildman–Crippen MR) is 52.0 cm³/mol. The monoisotopic (exact) mass is 217 g/mol. The summed E-state index contributed by atoms with van der Waals surface area (Å²) in [7, 11) is 0. The van der Waals surface area contributed by atoms with Crippen molar-refractivity contribution in [3.63, 3.8) is 0 Å². The summed E-state index contributed by atoms with van der Waals surface area (Å²) < 4.78 is 4.88. The first-order valence-electron chi connectivity index (χ1n) is 4.27. The molecule has 78 valence electrons. The Morgan fingerprint density at radius 3 is 2.86 bits per heavy atom. The summed E-state index contributed by atoms with van der Waals surface area (Å²) in [5.41, 5.74) is 2.25. The number of halogens is 1. The van der Waals surface area contributed by atoms with Gasteiger partial charge in [-0.2, -0.15) is 0 Å². The van der Waals surface area contributed by atoms with Crippen molar-refractivity contribution >= 4 is 17.5 Å². The third-order valence-corrected chi connectivity index (χ3v) is 1.58. The van der Waals surface area contributed by atoms with E-state index in [-0.39, 0.29) is 11.0 Å². The molecule has 0 spiro atoms. The highest BCUT2D eigenvalue weighted by Crippen LogP contribution is 2.12. The van der Waals surface area contributed by atoms with Gasteiger partial charge in [-0.05, 0) is 29.7 Å². The summed E-state index contributed by atoms with van der Waals surface area (Å²) in [5, 5.41) is 0.180. The molecule has 0 aliphatic carbocycles. The Hall–Kier alpha value is -1.00. The number of carbonyl (C=O) groups is 1. The van der Waals surface area contributed by atoms with Crippen molar-refractivity contribution in [1.29, 1.82) is 0 Å². The fourth-order valence-electron chi connectivity index (χ4n) is 0.761. The van der Waals surface area contributed by atoms with Crippen LogP contribution < -0.4 is 5.48 Å². The van der Waals surface area contributed by atoms with E-state index < -0.39 is 5.91 Å². The van der Waals surface area contributed by atoms with Gasteiger partial charge in [0.05, 0.1) is 6.61 Å². The molecular weight excluding hydrogens is 206 g/mol. The van der Waals surface area contributed by atoms with Gasteiger partial charge in [0.1, 0.15) is 0 Å².